The van der Waals surface area contributed by atoms with Gasteiger partial charge in [0.05, 0.1) is 20.1 Å². The molecule has 1 amide bonds. The predicted molar refractivity (Wildman–Crippen MR) is 88.5 cm³/mol. The maximum Gasteiger partial charge on any atom is 0.302 e. The average molecular weight is 425 g/mol. The van der Waals surface area contributed by atoms with E-state index in [0.717, 1.165) is 14.4 Å². The second kappa shape index (κ2) is 5.99. The summed E-state index contributed by atoms with van der Waals surface area (Å²) in [5.74, 6) is -1.36. The quantitative estimate of drug-likeness (QED) is 0.706. The number of hydrogen-bond acceptors (Lipinski definition) is 6. The first-order valence-electron chi connectivity index (χ1n) is 6.26. The largest absolute Gasteiger partial charge is 0.302 e. The number of thiazole rings is 1. The van der Waals surface area contributed by atoms with Gasteiger partial charge in [-0.3, -0.25) is 9.69 Å². The maximum atomic E-state index is 12.8. The number of halogens is 2. The van der Waals surface area contributed by atoms with Crippen LogP contribution in [0.15, 0.2) is 21.3 Å². The van der Waals surface area contributed by atoms with Crippen LogP contribution >= 0.6 is 38.6 Å². The highest BCUT2D eigenvalue weighted by Gasteiger charge is 2.35. The molecule has 0 N–H and O–H groups in total. The lowest BCUT2D eigenvalue weighted by molar-refractivity contribution is -0.117. The first-order valence-corrected chi connectivity index (χ1v) is 10.3. The van der Waals surface area contributed by atoms with E-state index in [2.05, 4.69) is 20.9 Å². The van der Waals surface area contributed by atoms with Crippen molar-refractivity contribution in [1.82, 2.24) is 4.98 Å². The van der Waals surface area contributed by atoms with Gasteiger partial charge in [0.25, 0.3) is 0 Å². The Morgan fingerprint density at radius 1 is 1.45 bits per heavy atom. The Bertz CT molecular complexity index is 817. The van der Waals surface area contributed by atoms with Crippen molar-refractivity contribution in [1.29, 1.82) is 0 Å². The fourth-order valence-corrected chi connectivity index (χ4v) is 5.37. The Balaban J connectivity index is 1.77. The number of rotatable bonds is 4. The number of carbonyl (C=O) groups excluding carboxylic acids is 1. The molecule has 0 aromatic carbocycles. The lowest BCUT2D eigenvalue weighted by Crippen LogP contribution is -2.25. The minimum atomic E-state index is -4.57. The monoisotopic (exact) mass is 424 g/mol. The van der Waals surface area contributed by atoms with Crippen molar-refractivity contribution >= 4 is 59.9 Å². The number of carbonyl (C=O) groups is 1. The van der Waals surface area contributed by atoms with Crippen molar-refractivity contribution in [3.8, 4) is 10.6 Å². The van der Waals surface area contributed by atoms with Crippen LogP contribution in [0.3, 0.4) is 0 Å². The van der Waals surface area contributed by atoms with Crippen LogP contribution in [0.5, 0.6) is 0 Å². The Morgan fingerprint density at radius 2 is 2.23 bits per heavy atom. The van der Waals surface area contributed by atoms with E-state index in [9.17, 15) is 17.1 Å². The average Bonchev–Trinajstić information content (AvgIpc) is 3.07. The van der Waals surface area contributed by atoms with Gasteiger partial charge in [-0.25, -0.2) is 4.98 Å². The number of thiophene rings is 1. The molecular formula is C12H10BrFN2O3S3. The highest BCUT2D eigenvalue weighted by molar-refractivity contribution is 9.11. The van der Waals surface area contributed by atoms with Crippen molar-refractivity contribution in [2.24, 2.45) is 5.92 Å². The Morgan fingerprint density at radius 3 is 2.86 bits per heavy atom. The smallest absolute Gasteiger partial charge is 0.288 e. The third-order valence-electron chi connectivity index (χ3n) is 3.19. The van der Waals surface area contributed by atoms with Crippen LogP contribution < -0.4 is 4.90 Å². The number of nitrogens with zero attached hydrogens (tertiary/aromatic N) is 2. The molecule has 22 heavy (non-hydrogen) atoms. The molecule has 0 saturated carbocycles. The van der Waals surface area contributed by atoms with Gasteiger partial charge < -0.3 is 0 Å². The summed E-state index contributed by atoms with van der Waals surface area (Å²) in [5.41, 5.74) is 0.769. The molecule has 0 aliphatic carbocycles. The van der Waals surface area contributed by atoms with Crippen LogP contribution in [0.4, 0.5) is 9.02 Å². The molecular weight excluding hydrogens is 415 g/mol. The SMILES string of the molecule is O=C1CC(CS(=O)(=O)F)CN1c1nc(-c2ccc(Br)s2)cs1. The van der Waals surface area contributed by atoms with Crippen LogP contribution in [0, 0.1) is 5.92 Å². The van der Waals surface area contributed by atoms with Gasteiger partial charge >= 0.3 is 10.2 Å². The van der Waals surface area contributed by atoms with Crippen LogP contribution in [0.1, 0.15) is 6.42 Å². The molecule has 1 aliphatic rings. The predicted octanol–water partition coefficient (Wildman–Crippen LogP) is 3.29. The van der Waals surface area contributed by atoms with Gasteiger partial charge in [0.2, 0.25) is 5.91 Å². The Kier molecular flexibility index (Phi) is 4.36. The molecule has 0 radical (unpaired) electrons. The highest BCUT2D eigenvalue weighted by Crippen LogP contribution is 2.35. The Labute approximate surface area is 143 Å². The first-order chi connectivity index (χ1) is 10.3. The lowest BCUT2D eigenvalue weighted by atomic mass is 10.1. The summed E-state index contributed by atoms with van der Waals surface area (Å²) in [5, 5.41) is 2.36. The van der Waals surface area contributed by atoms with Gasteiger partial charge in [-0.1, -0.05) is 0 Å². The molecule has 2 aromatic heterocycles. The molecule has 0 spiro atoms. The first kappa shape index (κ1) is 16.0. The topological polar surface area (TPSA) is 67.3 Å². The van der Waals surface area contributed by atoms with Crippen LogP contribution in [-0.2, 0) is 15.0 Å². The van der Waals surface area contributed by atoms with Crippen LogP contribution in [-0.4, -0.2) is 31.6 Å². The van der Waals surface area contributed by atoms with Gasteiger partial charge in [-0.15, -0.1) is 26.6 Å². The van der Waals surface area contributed by atoms with Crippen molar-refractivity contribution < 1.29 is 17.1 Å². The number of aromatic nitrogens is 1. The molecule has 1 fully saturated rings. The maximum absolute atomic E-state index is 12.8. The number of anilines is 1. The summed E-state index contributed by atoms with van der Waals surface area (Å²) >= 11 is 6.24. The molecule has 1 saturated heterocycles. The summed E-state index contributed by atoms with van der Waals surface area (Å²) in [7, 11) is -4.57. The summed E-state index contributed by atoms with van der Waals surface area (Å²) < 4.78 is 35.2. The van der Waals surface area contributed by atoms with E-state index < -0.39 is 21.9 Å². The highest BCUT2D eigenvalue weighted by atomic mass is 79.9. The van der Waals surface area contributed by atoms with Gasteiger partial charge in [0.1, 0.15) is 0 Å². The molecule has 1 unspecified atom stereocenters. The molecule has 3 rings (SSSR count). The van der Waals surface area contributed by atoms with Gasteiger partial charge in [0, 0.05) is 24.3 Å². The zero-order valence-electron chi connectivity index (χ0n) is 11.0. The molecule has 2 aromatic rings. The number of amides is 1. The normalized spacial score (nSPS) is 19.1. The fraction of sp³-hybridized carbons (Fsp3) is 0.333. The summed E-state index contributed by atoms with van der Waals surface area (Å²) in [6.45, 7) is 0.184. The van der Waals surface area contributed by atoms with Crippen molar-refractivity contribution in [2.75, 3.05) is 17.2 Å². The molecule has 1 atom stereocenters. The van der Waals surface area contributed by atoms with Crippen molar-refractivity contribution in [3.05, 3.63) is 21.3 Å². The third kappa shape index (κ3) is 3.55. The minimum Gasteiger partial charge on any atom is -0.288 e. The van der Waals surface area contributed by atoms with E-state index in [1.165, 1.54) is 27.6 Å². The van der Waals surface area contributed by atoms with Crippen LogP contribution in [0.2, 0.25) is 0 Å². The van der Waals surface area contributed by atoms with Crippen LogP contribution in [0.25, 0.3) is 10.6 Å². The lowest BCUT2D eigenvalue weighted by Gasteiger charge is -2.12. The van der Waals surface area contributed by atoms with Gasteiger partial charge in [-0.2, -0.15) is 8.42 Å². The van der Waals surface area contributed by atoms with E-state index in [0.29, 0.717) is 5.13 Å². The summed E-state index contributed by atoms with van der Waals surface area (Å²) in [6, 6.07) is 3.85. The zero-order valence-corrected chi connectivity index (χ0v) is 15.1. The van der Waals surface area contributed by atoms with E-state index in [-0.39, 0.29) is 18.9 Å². The second-order valence-corrected chi connectivity index (χ2v) is 9.61. The fourth-order valence-electron chi connectivity index (χ4n) is 2.31. The Hall–Kier alpha value is -0.840. The molecule has 3 heterocycles. The molecule has 0 bridgehead atoms. The summed E-state index contributed by atoms with van der Waals surface area (Å²) in [6.07, 6.45) is 0.0304. The second-order valence-electron chi connectivity index (χ2n) is 4.90. The van der Waals surface area contributed by atoms with Gasteiger partial charge in [0.15, 0.2) is 5.13 Å². The van der Waals surface area contributed by atoms with E-state index in [1.54, 1.807) is 0 Å². The van der Waals surface area contributed by atoms with E-state index >= 15 is 0 Å². The third-order valence-corrected chi connectivity index (χ3v) is 6.57. The number of hydrogen-bond donors (Lipinski definition) is 0. The van der Waals surface area contributed by atoms with Crippen molar-refractivity contribution in [3.63, 3.8) is 0 Å². The molecule has 118 valence electrons. The van der Waals surface area contributed by atoms with E-state index in [1.807, 2.05) is 17.5 Å². The minimum absolute atomic E-state index is 0.0304. The molecule has 10 heteroatoms. The zero-order chi connectivity index (χ0) is 15.9. The summed E-state index contributed by atoms with van der Waals surface area (Å²) in [4.78, 5) is 18.8. The molecule has 5 nitrogen and oxygen atoms in total. The van der Waals surface area contributed by atoms with E-state index in [4.69, 9.17) is 0 Å². The van der Waals surface area contributed by atoms with Gasteiger partial charge in [-0.05, 0) is 28.1 Å². The molecule has 1 aliphatic heterocycles. The van der Waals surface area contributed by atoms with Crippen molar-refractivity contribution in [2.45, 2.75) is 6.42 Å². The standard InChI is InChI=1S/C12H10BrFN2O3S3/c13-10-2-1-9(21-10)8-5-20-12(15-8)16-4-7(3-11(16)17)6-22(14,18)19/h1-2,5,7H,3-4,6H2.